The monoisotopic (exact) mass is 428 g/mol. The molecule has 0 amide bonds. The highest BCUT2D eigenvalue weighted by Gasteiger charge is 2.37. The van der Waals surface area contributed by atoms with Crippen LogP contribution in [0.3, 0.4) is 0 Å². The quantitative estimate of drug-likeness (QED) is 0.519. The van der Waals surface area contributed by atoms with Crippen LogP contribution in [0.1, 0.15) is 40.5 Å². The zero-order chi connectivity index (χ0) is 22.5. The molecular weight excluding hydrogens is 405 g/mol. The molecule has 0 unspecified atom stereocenters. The van der Waals surface area contributed by atoms with Gasteiger partial charge in [0.2, 0.25) is 5.78 Å². The lowest BCUT2D eigenvalue weighted by molar-refractivity contribution is -0.138. The van der Waals surface area contributed by atoms with Crippen LogP contribution in [0.15, 0.2) is 67.0 Å². The van der Waals surface area contributed by atoms with Crippen LogP contribution in [0.2, 0.25) is 0 Å². The zero-order valence-electron chi connectivity index (χ0n) is 17.0. The van der Waals surface area contributed by atoms with Crippen molar-refractivity contribution in [1.82, 2.24) is 9.97 Å². The third kappa shape index (κ3) is 4.91. The summed E-state index contributed by atoms with van der Waals surface area (Å²) < 4.78 is 40.6. The Morgan fingerprint density at radius 2 is 1.81 bits per heavy atom. The second kappa shape index (κ2) is 9.26. The average molecular weight is 428 g/mol. The van der Waals surface area contributed by atoms with Crippen molar-refractivity contribution in [3.8, 4) is 0 Å². The van der Waals surface area contributed by atoms with Crippen LogP contribution in [0.25, 0.3) is 0 Å². The van der Waals surface area contributed by atoms with E-state index < -0.39 is 28.6 Å². The van der Waals surface area contributed by atoms with Crippen molar-refractivity contribution >= 4 is 11.6 Å². The number of hydrogen-bond acceptors (Lipinski definition) is 5. The first-order chi connectivity index (χ1) is 14.8. The normalized spacial score (nSPS) is 13.5. The lowest BCUT2D eigenvalue weighted by Gasteiger charge is -2.32. The molecule has 0 aliphatic rings. The van der Waals surface area contributed by atoms with E-state index in [1.54, 1.807) is 0 Å². The van der Waals surface area contributed by atoms with Crippen LogP contribution < -0.4 is 11.1 Å². The van der Waals surface area contributed by atoms with Gasteiger partial charge in [0.05, 0.1) is 5.56 Å². The van der Waals surface area contributed by atoms with E-state index in [1.807, 2.05) is 37.3 Å². The molecule has 0 saturated carbocycles. The summed E-state index contributed by atoms with van der Waals surface area (Å²) in [6, 6.07) is 14.7. The number of alkyl halides is 3. The number of carbonyl (C=O) groups excluding carboxylic acids is 1. The van der Waals surface area contributed by atoms with Crippen molar-refractivity contribution in [2.75, 3.05) is 18.4 Å². The molecule has 31 heavy (non-hydrogen) atoms. The minimum atomic E-state index is -4.72. The van der Waals surface area contributed by atoms with Crippen LogP contribution in [0, 0.1) is 0 Å². The maximum atomic E-state index is 13.5. The lowest BCUT2D eigenvalue weighted by Crippen LogP contribution is -2.41. The largest absolute Gasteiger partial charge is 0.418 e. The van der Waals surface area contributed by atoms with E-state index in [0.29, 0.717) is 19.5 Å². The molecule has 5 nitrogen and oxygen atoms in total. The molecule has 2 heterocycles. The molecule has 3 rings (SSSR count). The minimum Gasteiger partial charge on any atom is -0.369 e. The summed E-state index contributed by atoms with van der Waals surface area (Å²) in [5.41, 5.74) is 4.95. The number of nitrogens with two attached hydrogens (primary N) is 1. The molecule has 2 aromatic heterocycles. The Balaban J connectivity index is 1.94. The number of anilines is 1. The predicted octanol–water partition coefficient (Wildman–Crippen LogP) is 4.45. The number of halogens is 3. The van der Waals surface area contributed by atoms with Crippen LogP contribution in [0.5, 0.6) is 0 Å². The molecule has 3 N–H and O–H groups in total. The summed E-state index contributed by atoms with van der Waals surface area (Å²) in [6.45, 7) is 2.69. The fourth-order valence-corrected chi connectivity index (χ4v) is 3.41. The number of nitrogens with zero attached hydrogens (tertiary/aromatic N) is 2. The third-order valence-electron chi connectivity index (χ3n) is 5.40. The smallest absolute Gasteiger partial charge is 0.369 e. The SMILES string of the molecule is CC[C@@](CN)(CNc1ccc(C(F)(F)F)c(C(=O)c2cccnc2)n1)c1ccccc1. The highest BCUT2D eigenvalue weighted by molar-refractivity contribution is 6.08. The van der Waals surface area contributed by atoms with Crippen LogP contribution in [0.4, 0.5) is 19.0 Å². The number of carbonyl (C=O) groups is 1. The highest BCUT2D eigenvalue weighted by atomic mass is 19.4. The fraction of sp³-hybridized carbons (Fsp3) is 0.261. The van der Waals surface area contributed by atoms with Gasteiger partial charge in [-0.1, -0.05) is 37.3 Å². The Morgan fingerprint density at radius 3 is 2.39 bits per heavy atom. The van der Waals surface area contributed by atoms with Gasteiger partial charge in [-0.15, -0.1) is 0 Å². The second-order valence-corrected chi connectivity index (χ2v) is 7.22. The van der Waals surface area contributed by atoms with Gasteiger partial charge >= 0.3 is 6.18 Å². The number of pyridine rings is 2. The van der Waals surface area contributed by atoms with E-state index in [4.69, 9.17) is 5.73 Å². The summed E-state index contributed by atoms with van der Waals surface area (Å²) in [5, 5.41) is 3.09. The molecule has 162 valence electrons. The first-order valence-electron chi connectivity index (χ1n) is 9.83. The first-order valence-corrected chi connectivity index (χ1v) is 9.83. The van der Waals surface area contributed by atoms with E-state index >= 15 is 0 Å². The Bertz CT molecular complexity index is 1020. The van der Waals surface area contributed by atoms with Gasteiger partial charge in [-0.3, -0.25) is 9.78 Å². The molecule has 0 saturated heterocycles. The number of rotatable bonds is 8. The molecule has 8 heteroatoms. The maximum Gasteiger partial charge on any atom is 0.418 e. The summed E-state index contributed by atoms with van der Waals surface area (Å²) in [6.07, 6.45) is -1.35. The zero-order valence-corrected chi connectivity index (χ0v) is 17.0. The number of aromatic nitrogens is 2. The molecule has 0 aliphatic carbocycles. The van der Waals surface area contributed by atoms with Crippen molar-refractivity contribution in [2.24, 2.45) is 5.73 Å². The Labute approximate surface area is 178 Å². The van der Waals surface area contributed by atoms with Crippen molar-refractivity contribution in [3.63, 3.8) is 0 Å². The molecule has 0 bridgehead atoms. The van der Waals surface area contributed by atoms with Crippen molar-refractivity contribution in [3.05, 3.63) is 89.4 Å². The molecular formula is C23H23F3N4O. The van der Waals surface area contributed by atoms with Gasteiger partial charge in [-0.2, -0.15) is 13.2 Å². The van der Waals surface area contributed by atoms with Crippen LogP contribution in [-0.4, -0.2) is 28.8 Å². The summed E-state index contributed by atoms with van der Waals surface area (Å²) >= 11 is 0. The molecule has 3 aromatic rings. The van der Waals surface area contributed by atoms with E-state index in [-0.39, 0.29) is 11.4 Å². The van der Waals surface area contributed by atoms with Gasteiger partial charge in [0.15, 0.2) is 0 Å². The van der Waals surface area contributed by atoms with E-state index in [2.05, 4.69) is 15.3 Å². The highest BCUT2D eigenvalue weighted by Crippen LogP contribution is 2.33. The van der Waals surface area contributed by atoms with Gasteiger partial charge in [-0.25, -0.2) is 4.98 Å². The van der Waals surface area contributed by atoms with Crippen LogP contribution in [-0.2, 0) is 11.6 Å². The topological polar surface area (TPSA) is 80.9 Å². The number of benzene rings is 1. The molecule has 0 aliphatic heterocycles. The Morgan fingerprint density at radius 1 is 1.06 bits per heavy atom. The summed E-state index contributed by atoms with van der Waals surface area (Å²) in [5.74, 6) is -0.671. The van der Waals surface area contributed by atoms with E-state index in [9.17, 15) is 18.0 Å². The van der Waals surface area contributed by atoms with Gasteiger partial charge in [-0.05, 0) is 36.2 Å². The predicted molar refractivity (Wildman–Crippen MR) is 113 cm³/mol. The summed E-state index contributed by atoms with van der Waals surface area (Å²) in [7, 11) is 0. The molecule has 0 radical (unpaired) electrons. The molecule has 0 fully saturated rings. The third-order valence-corrected chi connectivity index (χ3v) is 5.40. The number of hydrogen-bond donors (Lipinski definition) is 2. The minimum absolute atomic E-state index is 0.0341. The van der Waals surface area contributed by atoms with Crippen LogP contribution >= 0.6 is 0 Å². The van der Waals surface area contributed by atoms with Crippen molar-refractivity contribution in [1.29, 1.82) is 0 Å². The molecule has 1 aromatic carbocycles. The Kier molecular flexibility index (Phi) is 6.70. The van der Waals surface area contributed by atoms with Gasteiger partial charge in [0, 0.05) is 36.5 Å². The second-order valence-electron chi connectivity index (χ2n) is 7.22. The number of nitrogens with one attached hydrogen (secondary N) is 1. The molecule has 0 spiro atoms. The van der Waals surface area contributed by atoms with Gasteiger partial charge < -0.3 is 11.1 Å². The first kappa shape index (κ1) is 22.4. The van der Waals surface area contributed by atoms with Gasteiger partial charge in [0.25, 0.3) is 0 Å². The lowest BCUT2D eigenvalue weighted by atomic mass is 9.78. The fourth-order valence-electron chi connectivity index (χ4n) is 3.41. The maximum absolute atomic E-state index is 13.5. The standard InChI is InChI=1S/C23H23F3N4O/c1-2-22(14-27,17-8-4-3-5-9-17)15-29-19-11-10-18(23(24,25)26)20(30-19)21(31)16-7-6-12-28-13-16/h3-13H,2,14-15,27H2,1H3,(H,29,30)/t22-/m1/s1. The van der Waals surface area contributed by atoms with E-state index in [0.717, 1.165) is 11.6 Å². The molecule has 1 atom stereocenters. The van der Waals surface area contributed by atoms with E-state index in [1.165, 1.54) is 30.6 Å². The number of ketones is 1. The van der Waals surface area contributed by atoms with Gasteiger partial charge in [0.1, 0.15) is 11.5 Å². The summed E-state index contributed by atoms with van der Waals surface area (Å²) in [4.78, 5) is 20.6. The van der Waals surface area contributed by atoms with Crippen molar-refractivity contribution in [2.45, 2.75) is 24.9 Å². The van der Waals surface area contributed by atoms with Crippen molar-refractivity contribution < 1.29 is 18.0 Å². The Hall–Kier alpha value is -3.26. The average Bonchev–Trinajstić information content (AvgIpc) is 2.80.